The summed E-state index contributed by atoms with van der Waals surface area (Å²) in [5, 5.41) is 0. The highest BCUT2D eigenvalue weighted by Crippen LogP contribution is 2.42. The molecule has 1 amide bonds. The first-order valence-corrected chi connectivity index (χ1v) is 15.0. The highest BCUT2D eigenvalue weighted by atomic mass is 19.4. The van der Waals surface area contributed by atoms with Crippen molar-refractivity contribution in [2.75, 3.05) is 18.6 Å². The highest BCUT2D eigenvalue weighted by Gasteiger charge is 2.41. The van der Waals surface area contributed by atoms with Gasteiger partial charge in [-0.3, -0.25) is 14.6 Å². The molecule has 0 aliphatic heterocycles. The standard InChI is InChI=1S/C35H35F7N2O3/c1-6-47-31(45)14-21-7-9-22(10-8-21)29-18-28(27-12-11-26(36)13-20(27)2)30(19-43-29)44(5)32(46)33(3,4)23-15-24(34(37,38)39)17-25(16-23)35(40,41)42/h9,11-13,15-19,21H,6-8,10,14H2,1-5H3. The first kappa shape index (κ1) is 35.6. The summed E-state index contributed by atoms with van der Waals surface area (Å²) in [4.78, 5) is 31.7. The third-order valence-electron chi connectivity index (χ3n) is 8.48. The molecule has 0 radical (unpaired) electrons. The lowest BCUT2D eigenvalue weighted by molar-refractivity contribution is -0.145. The predicted octanol–water partition coefficient (Wildman–Crippen LogP) is 9.31. The Balaban J connectivity index is 1.76. The van der Waals surface area contributed by atoms with E-state index in [0.29, 0.717) is 66.8 Å². The van der Waals surface area contributed by atoms with Crippen molar-refractivity contribution < 1.29 is 45.1 Å². The highest BCUT2D eigenvalue weighted by molar-refractivity contribution is 6.03. The van der Waals surface area contributed by atoms with Gasteiger partial charge in [-0.15, -0.1) is 0 Å². The maximum absolute atomic E-state index is 14.1. The molecule has 0 bridgehead atoms. The van der Waals surface area contributed by atoms with E-state index in [0.717, 1.165) is 10.5 Å². The molecule has 1 atom stereocenters. The van der Waals surface area contributed by atoms with Gasteiger partial charge >= 0.3 is 18.3 Å². The van der Waals surface area contributed by atoms with Gasteiger partial charge < -0.3 is 9.64 Å². The fourth-order valence-electron chi connectivity index (χ4n) is 5.77. The Hall–Kier alpha value is -4.22. The third kappa shape index (κ3) is 8.02. The average molecular weight is 665 g/mol. The molecule has 252 valence electrons. The SMILES string of the molecule is CCOC(=O)CC1CC=C(c2cc(-c3ccc(F)cc3C)c(N(C)C(=O)C(C)(C)c3cc(C(F)(F)F)cc(C(F)(F)F)c3)cn2)CC1. The van der Waals surface area contributed by atoms with E-state index in [-0.39, 0.29) is 23.6 Å². The number of allylic oxidation sites excluding steroid dienone is 2. The van der Waals surface area contributed by atoms with Gasteiger partial charge in [0.05, 0.1) is 40.7 Å². The number of rotatable bonds is 8. The molecule has 47 heavy (non-hydrogen) atoms. The van der Waals surface area contributed by atoms with Gasteiger partial charge in [0.15, 0.2) is 0 Å². The van der Waals surface area contributed by atoms with Crippen LogP contribution >= 0.6 is 0 Å². The van der Waals surface area contributed by atoms with Crippen LogP contribution in [0.1, 0.15) is 74.4 Å². The van der Waals surface area contributed by atoms with Crippen LogP contribution in [0, 0.1) is 18.7 Å². The topological polar surface area (TPSA) is 59.5 Å². The monoisotopic (exact) mass is 664 g/mol. The lowest BCUT2D eigenvalue weighted by Gasteiger charge is -2.32. The number of carbonyl (C=O) groups is 2. The number of amides is 1. The van der Waals surface area contributed by atoms with E-state index < -0.39 is 46.2 Å². The molecule has 0 spiro atoms. The van der Waals surface area contributed by atoms with E-state index >= 15 is 0 Å². The minimum absolute atomic E-state index is 0.0187. The van der Waals surface area contributed by atoms with Gasteiger partial charge in [-0.25, -0.2) is 4.39 Å². The molecule has 0 N–H and O–H groups in total. The number of ether oxygens (including phenoxy) is 1. The Labute approximate surface area is 268 Å². The van der Waals surface area contributed by atoms with E-state index in [1.54, 1.807) is 19.9 Å². The maximum atomic E-state index is 14.1. The molecule has 0 fully saturated rings. The number of nitrogens with zero attached hydrogens (tertiary/aromatic N) is 2. The summed E-state index contributed by atoms with van der Waals surface area (Å²) in [5.41, 5.74) is -2.11. The number of alkyl halides is 6. The average Bonchev–Trinajstić information content (AvgIpc) is 2.99. The fraction of sp³-hybridized carbons (Fsp3) is 0.400. The van der Waals surface area contributed by atoms with Crippen LogP contribution in [0.2, 0.25) is 0 Å². The van der Waals surface area contributed by atoms with Gasteiger partial charge in [0.1, 0.15) is 5.82 Å². The van der Waals surface area contributed by atoms with Crippen molar-refractivity contribution in [1.82, 2.24) is 4.98 Å². The Bertz CT molecular complexity index is 1660. The molecule has 0 saturated heterocycles. The van der Waals surface area contributed by atoms with Crippen LogP contribution < -0.4 is 4.90 Å². The Morgan fingerprint density at radius 3 is 2.09 bits per heavy atom. The summed E-state index contributed by atoms with van der Waals surface area (Å²) in [7, 11) is 1.36. The summed E-state index contributed by atoms with van der Waals surface area (Å²) in [6.45, 7) is 6.23. The zero-order valence-corrected chi connectivity index (χ0v) is 26.6. The molecule has 1 aromatic heterocycles. The summed E-state index contributed by atoms with van der Waals surface area (Å²) < 4.78 is 101. The molecule has 5 nitrogen and oxygen atoms in total. The van der Waals surface area contributed by atoms with Crippen molar-refractivity contribution >= 4 is 23.1 Å². The van der Waals surface area contributed by atoms with Gasteiger partial charge in [-0.2, -0.15) is 26.3 Å². The van der Waals surface area contributed by atoms with Crippen molar-refractivity contribution in [2.45, 2.75) is 71.1 Å². The second-order valence-electron chi connectivity index (χ2n) is 12.2. The van der Waals surface area contributed by atoms with E-state index in [4.69, 9.17) is 4.74 Å². The second kappa shape index (κ2) is 13.5. The zero-order chi connectivity index (χ0) is 34.9. The van der Waals surface area contributed by atoms with Crippen molar-refractivity contribution in [1.29, 1.82) is 0 Å². The predicted molar refractivity (Wildman–Crippen MR) is 164 cm³/mol. The Kier molecular flexibility index (Phi) is 10.2. The molecule has 1 aliphatic rings. The van der Waals surface area contributed by atoms with Crippen LogP contribution in [-0.2, 0) is 32.1 Å². The molecule has 1 heterocycles. The van der Waals surface area contributed by atoms with Gasteiger partial charge in [-0.1, -0.05) is 12.1 Å². The summed E-state index contributed by atoms with van der Waals surface area (Å²) in [6, 6.07) is 6.95. The Morgan fingerprint density at radius 2 is 1.55 bits per heavy atom. The van der Waals surface area contributed by atoms with Crippen molar-refractivity contribution in [2.24, 2.45) is 5.92 Å². The largest absolute Gasteiger partial charge is 0.466 e. The van der Waals surface area contributed by atoms with Crippen LogP contribution in [0.3, 0.4) is 0 Å². The minimum atomic E-state index is -5.08. The summed E-state index contributed by atoms with van der Waals surface area (Å²) >= 11 is 0. The molecule has 1 aliphatic carbocycles. The van der Waals surface area contributed by atoms with E-state index in [2.05, 4.69) is 4.98 Å². The van der Waals surface area contributed by atoms with Crippen molar-refractivity contribution in [3.8, 4) is 11.1 Å². The first-order chi connectivity index (χ1) is 21.8. The van der Waals surface area contributed by atoms with Crippen LogP contribution in [-0.4, -0.2) is 30.5 Å². The third-order valence-corrected chi connectivity index (χ3v) is 8.48. The maximum Gasteiger partial charge on any atom is 0.416 e. The minimum Gasteiger partial charge on any atom is -0.466 e. The number of hydrogen-bond donors (Lipinski definition) is 0. The zero-order valence-electron chi connectivity index (χ0n) is 26.6. The van der Waals surface area contributed by atoms with Gasteiger partial charge in [0.2, 0.25) is 5.91 Å². The van der Waals surface area contributed by atoms with Crippen molar-refractivity contribution in [3.63, 3.8) is 0 Å². The molecule has 0 saturated carbocycles. The fourth-order valence-corrected chi connectivity index (χ4v) is 5.77. The number of carbonyl (C=O) groups excluding carboxylic acids is 2. The normalized spacial score (nSPS) is 15.7. The lowest BCUT2D eigenvalue weighted by Crippen LogP contribution is -2.42. The molecule has 3 aromatic rings. The molecule has 2 aromatic carbocycles. The lowest BCUT2D eigenvalue weighted by atomic mass is 9.81. The van der Waals surface area contributed by atoms with Crippen LogP contribution in [0.4, 0.5) is 36.4 Å². The summed E-state index contributed by atoms with van der Waals surface area (Å²) in [6.07, 6.45) is -4.53. The van der Waals surface area contributed by atoms with Gasteiger partial charge in [0, 0.05) is 19.0 Å². The van der Waals surface area contributed by atoms with Gasteiger partial charge in [-0.05, 0) is 112 Å². The number of pyridine rings is 1. The number of anilines is 1. The molecular weight excluding hydrogens is 629 g/mol. The van der Waals surface area contributed by atoms with Crippen molar-refractivity contribution in [3.05, 3.63) is 88.5 Å². The number of halogens is 7. The molecule has 1 unspecified atom stereocenters. The smallest absolute Gasteiger partial charge is 0.416 e. The van der Waals surface area contributed by atoms with E-state index in [9.17, 15) is 40.3 Å². The number of likely N-dealkylation sites (N-methyl/N-ethyl adjacent to an activating group) is 1. The quantitative estimate of drug-likeness (QED) is 0.178. The number of aryl methyl sites for hydroxylation is 1. The van der Waals surface area contributed by atoms with Crippen LogP contribution in [0.25, 0.3) is 16.7 Å². The van der Waals surface area contributed by atoms with Crippen LogP contribution in [0.5, 0.6) is 0 Å². The number of esters is 1. The van der Waals surface area contributed by atoms with Crippen LogP contribution in [0.15, 0.2) is 54.7 Å². The molecule has 12 heteroatoms. The second-order valence-corrected chi connectivity index (χ2v) is 12.2. The molecular formula is C35H35F7N2O3. The van der Waals surface area contributed by atoms with E-state index in [1.165, 1.54) is 45.3 Å². The first-order valence-electron chi connectivity index (χ1n) is 15.0. The Morgan fingerprint density at radius 1 is 0.936 bits per heavy atom. The number of aromatic nitrogens is 1. The molecule has 4 rings (SSSR count). The van der Waals surface area contributed by atoms with Gasteiger partial charge in [0.25, 0.3) is 0 Å². The summed E-state index contributed by atoms with van der Waals surface area (Å²) in [5.74, 6) is -1.43. The number of hydrogen-bond acceptors (Lipinski definition) is 4. The number of benzene rings is 2. The van der Waals surface area contributed by atoms with E-state index in [1.807, 2.05) is 6.08 Å².